The van der Waals surface area contributed by atoms with E-state index in [9.17, 15) is 0 Å². The summed E-state index contributed by atoms with van der Waals surface area (Å²) in [5, 5.41) is 3.97. The van der Waals surface area contributed by atoms with Gasteiger partial charge in [-0.3, -0.25) is 0 Å². The first-order valence-corrected chi connectivity index (χ1v) is 20.5. The van der Waals surface area contributed by atoms with Gasteiger partial charge in [0.15, 0.2) is 0 Å². The number of hydrogen-bond acceptors (Lipinski definition) is 3. The van der Waals surface area contributed by atoms with Crippen molar-refractivity contribution in [2.24, 2.45) is 0 Å². The van der Waals surface area contributed by atoms with E-state index in [2.05, 4.69) is 247 Å². The fourth-order valence-corrected chi connectivity index (χ4v) is 7.62. The van der Waals surface area contributed by atoms with Crippen LogP contribution in [0.5, 0.6) is 0 Å². The SMILES string of the molecule is CC(C)(C)c1ccc(N(c2ccc(C(C)(C)C)cc2)c2cc(Nc3ccc(C(C)(C)C)cc3-c3ccccc3)cc(N(c3ccccc3)C3C=CC=CC3)c2)cc1. The maximum atomic E-state index is 3.97. The molecule has 7 rings (SSSR count). The first kappa shape index (κ1) is 39.4. The van der Waals surface area contributed by atoms with E-state index in [-0.39, 0.29) is 22.3 Å². The highest BCUT2D eigenvalue weighted by Crippen LogP contribution is 2.44. The molecule has 1 atom stereocenters. The molecule has 1 aliphatic rings. The molecule has 0 aromatic heterocycles. The Morgan fingerprint density at radius 2 is 1.00 bits per heavy atom. The zero-order valence-electron chi connectivity index (χ0n) is 35.3. The number of rotatable bonds is 9. The fourth-order valence-electron chi connectivity index (χ4n) is 7.62. The third-order valence-corrected chi connectivity index (χ3v) is 11.0. The predicted molar refractivity (Wildman–Crippen MR) is 248 cm³/mol. The largest absolute Gasteiger partial charge is 0.355 e. The van der Waals surface area contributed by atoms with Crippen molar-refractivity contribution >= 4 is 39.8 Å². The topological polar surface area (TPSA) is 18.5 Å². The van der Waals surface area contributed by atoms with Gasteiger partial charge in [-0.1, -0.05) is 165 Å². The van der Waals surface area contributed by atoms with Gasteiger partial charge in [-0.05, 0) is 112 Å². The quantitative estimate of drug-likeness (QED) is 0.159. The average molecular weight is 750 g/mol. The Bertz CT molecular complexity index is 2270. The third kappa shape index (κ3) is 9.10. The number of benzene rings is 6. The van der Waals surface area contributed by atoms with Gasteiger partial charge in [0.1, 0.15) is 0 Å². The molecule has 3 nitrogen and oxygen atoms in total. The highest BCUT2D eigenvalue weighted by atomic mass is 15.2. The molecule has 0 fully saturated rings. The number of nitrogens with one attached hydrogen (secondary N) is 1. The molecule has 290 valence electrons. The molecule has 1 unspecified atom stereocenters. The Labute approximate surface area is 342 Å². The van der Waals surface area contributed by atoms with Crippen molar-refractivity contribution in [1.29, 1.82) is 0 Å². The molecule has 0 radical (unpaired) electrons. The first-order valence-electron chi connectivity index (χ1n) is 20.5. The summed E-state index contributed by atoms with van der Waals surface area (Å²) in [6.45, 7) is 20.5. The van der Waals surface area contributed by atoms with Gasteiger partial charge in [0.25, 0.3) is 0 Å². The first-order chi connectivity index (χ1) is 27.1. The summed E-state index contributed by atoms with van der Waals surface area (Å²) in [5.74, 6) is 0. The summed E-state index contributed by atoms with van der Waals surface area (Å²) in [6, 6.07) is 53.8. The minimum Gasteiger partial charge on any atom is -0.355 e. The molecular weight excluding hydrogens is 691 g/mol. The van der Waals surface area contributed by atoms with Gasteiger partial charge in [-0.15, -0.1) is 0 Å². The average Bonchev–Trinajstić information content (AvgIpc) is 3.19. The van der Waals surface area contributed by atoms with Crippen molar-refractivity contribution in [3.05, 3.63) is 187 Å². The minimum absolute atomic E-state index is 0.0128. The Morgan fingerprint density at radius 1 is 0.474 bits per heavy atom. The van der Waals surface area contributed by atoms with Gasteiger partial charge in [-0.2, -0.15) is 0 Å². The standard InChI is InChI=1S/C54H59N3/c1-52(2,3)40-25-30-46(31-26-40)57(47-32-27-41(28-33-47)53(4,5)6)49-37-43(36-48(38-49)56(44-21-15-11-16-22-44)45-23-17-12-18-24-45)55-51-34-29-42(54(7,8)9)35-50(51)39-19-13-10-14-20-39/h10-23,25-38,45,55H,24H2,1-9H3. The zero-order chi connectivity index (χ0) is 40.4. The Hall–Kier alpha value is -5.80. The highest BCUT2D eigenvalue weighted by Gasteiger charge is 2.24. The number of para-hydroxylation sites is 1. The lowest BCUT2D eigenvalue weighted by Gasteiger charge is -2.35. The van der Waals surface area contributed by atoms with Crippen LogP contribution in [0.2, 0.25) is 0 Å². The highest BCUT2D eigenvalue weighted by molar-refractivity contribution is 5.87. The second kappa shape index (κ2) is 16.0. The Morgan fingerprint density at radius 3 is 1.53 bits per heavy atom. The van der Waals surface area contributed by atoms with Gasteiger partial charge in [0, 0.05) is 39.7 Å². The molecule has 3 heteroatoms. The van der Waals surface area contributed by atoms with E-state index in [1.54, 1.807) is 0 Å². The molecule has 0 saturated heterocycles. The van der Waals surface area contributed by atoms with Gasteiger partial charge < -0.3 is 15.1 Å². The van der Waals surface area contributed by atoms with Crippen LogP contribution in [0, 0.1) is 0 Å². The molecule has 57 heavy (non-hydrogen) atoms. The lowest BCUT2D eigenvalue weighted by atomic mass is 9.85. The molecule has 6 aromatic carbocycles. The summed E-state index contributed by atoms with van der Waals surface area (Å²) in [6.07, 6.45) is 9.83. The van der Waals surface area contributed by atoms with Gasteiger partial charge in [0.05, 0.1) is 11.7 Å². The summed E-state index contributed by atoms with van der Waals surface area (Å²) < 4.78 is 0. The second-order valence-corrected chi connectivity index (χ2v) is 18.5. The van der Waals surface area contributed by atoms with Gasteiger partial charge in [-0.25, -0.2) is 0 Å². The van der Waals surface area contributed by atoms with Crippen molar-refractivity contribution in [3.8, 4) is 11.1 Å². The normalized spacial score (nSPS) is 14.4. The van der Waals surface area contributed by atoms with Crippen molar-refractivity contribution < 1.29 is 0 Å². The second-order valence-electron chi connectivity index (χ2n) is 18.5. The van der Waals surface area contributed by atoms with Crippen LogP contribution in [0.3, 0.4) is 0 Å². The lowest BCUT2D eigenvalue weighted by molar-refractivity contribution is 0.590. The number of anilines is 7. The summed E-state index contributed by atoms with van der Waals surface area (Å²) in [7, 11) is 0. The molecule has 0 bridgehead atoms. The maximum absolute atomic E-state index is 3.97. The number of hydrogen-bond donors (Lipinski definition) is 1. The molecule has 1 N–H and O–H groups in total. The van der Waals surface area contributed by atoms with Crippen molar-refractivity contribution in [1.82, 2.24) is 0 Å². The van der Waals surface area contributed by atoms with E-state index in [4.69, 9.17) is 0 Å². The van der Waals surface area contributed by atoms with E-state index in [1.807, 2.05) is 0 Å². The smallest absolute Gasteiger partial charge is 0.0559 e. The monoisotopic (exact) mass is 749 g/mol. The molecule has 1 aliphatic carbocycles. The van der Waals surface area contributed by atoms with Crippen LogP contribution >= 0.6 is 0 Å². The van der Waals surface area contributed by atoms with Crippen LogP contribution in [0.25, 0.3) is 11.1 Å². The van der Waals surface area contributed by atoms with Crippen molar-refractivity contribution in [2.45, 2.75) is 91.0 Å². The molecule has 0 heterocycles. The molecular formula is C54H59N3. The van der Waals surface area contributed by atoms with Crippen molar-refractivity contribution in [2.75, 3.05) is 15.1 Å². The summed E-state index contributed by atoms with van der Waals surface area (Å²) in [5.41, 5.74) is 14.1. The van der Waals surface area contributed by atoms with Crippen LogP contribution in [-0.2, 0) is 16.2 Å². The summed E-state index contributed by atoms with van der Waals surface area (Å²) in [4.78, 5) is 4.90. The third-order valence-electron chi connectivity index (χ3n) is 11.0. The van der Waals surface area contributed by atoms with E-state index in [0.717, 1.165) is 46.2 Å². The molecule has 0 spiro atoms. The van der Waals surface area contributed by atoms with Crippen LogP contribution in [0.1, 0.15) is 85.4 Å². The predicted octanol–water partition coefficient (Wildman–Crippen LogP) is 15.5. The van der Waals surface area contributed by atoms with Crippen LogP contribution < -0.4 is 15.1 Å². The van der Waals surface area contributed by atoms with Gasteiger partial charge in [0.2, 0.25) is 0 Å². The van der Waals surface area contributed by atoms with Crippen molar-refractivity contribution in [3.63, 3.8) is 0 Å². The molecule has 0 aliphatic heterocycles. The maximum Gasteiger partial charge on any atom is 0.0559 e. The zero-order valence-corrected chi connectivity index (χ0v) is 35.3. The number of nitrogens with zero attached hydrogens (tertiary/aromatic N) is 2. The van der Waals surface area contributed by atoms with E-state index in [0.29, 0.717) is 0 Å². The minimum atomic E-state index is 0.0128. The van der Waals surface area contributed by atoms with Gasteiger partial charge >= 0.3 is 0 Å². The molecule has 0 amide bonds. The number of allylic oxidation sites excluding steroid dienone is 2. The van der Waals surface area contributed by atoms with E-state index < -0.39 is 0 Å². The lowest BCUT2D eigenvalue weighted by Crippen LogP contribution is -2.30. The fraction of sp³-hybridized carbons (Fsp3) is 0.259. The molecule has 6 aromatic rings. The van der Waals surface area contributed by atoms with Crippen LogP contribution in [-0.4, -0.2) is 6.04 Å². The Kier molecular flexibility index (Phi) is 11.1. The van der Waals surface area contributed by atoms with E-state index in [1.165, 1.54) is 27.8 Å². The van der Waals surface area contributed by atoms with Crippen LogP contribution in [0.4, 0.5) is 39.8 Å². The molecule has 0 saturated carbocycles. The summed E-state index contributed by atoms with van der Waals surface area (Å²) >= 11 is 0. The Balaban J connectivity index is 1.46. The van der Waals surface area contributed by atoms with E-state index >= 15 is 0 Å². The van der Waals surface area contributed by atoms with Crippen LogP contribution in [0.15, 0.2) is 170 Å².